The largest absolute Gasteiger partial charge is 0.508 e. The molecule has 0 aliphatic heterocycles. The Hall–Kier alpha value is -2.48. The highest BCUT2D eigenvalue weighted by atomic mass is 16.4. The van der Waals surface area contributed by atoms with Crippen molar-refractivity contribution in [3.63, 3.8) is 0 Å². The monoisotopic (exact) mass is 205 g/mol. The fourth-order valence-electron chi connectivity index (χ4n) is 0.977. The molecule has 0 atom stereocenters. The Kier molecular flexibility index (Phi) is 2.94. The zero-order valence-corrected chi connectivity index (χ0v) is 7.52. The summed E-state index contributed by atoms with van der Waals surface area (Å²) in [6.07, 6.45) is 4.82. The molecule has 5 nitrogen and oxygen atoms in total. The number of phenolic OH excluding ortho intramolecular Hbond substituents is 1. The van der Waals surface area contributed by atoms with Gasteiger partial charge in [0.05, 0.1) is 11.3 Å². The second kappa shape index (κ2) is 4.15. The summed E-state index contributed by atoms with van der Waals surface area (Å²) >= 11 is 0. The Morgan fingerprint density at radius 1 is 1.40 bits per heavy atom. The summed E-state index contributed by atoms with van der Waals surface area (Å²) < 4.78 is 0. The Morgan fingerprint density at radius 3 is 2.60 bits per heavy atom. The first-order valence-corrected chi connectivity index (χ1v) is 3.88. The number of terminal acetylenes is 1. The number of hydrogen-bond donors (Lipinski definition) is 3. The molecule has 0 aliphatic rings. The highest BCUT2D eigenvalue weighted by Crippen LogP contribution is 2.21. The molecule has 0 unspecified atom stereocenters. The lowest BCUT2D eigenvalue weighted by molar-refractivity contribution is -0.111. The highest BCUT2D eigenvalue weighted by molar-refractivity contribution is 6.07. The number of amides is 1. The molecule has 1 aromatic rings. The van der Waals surface area contributed by atoms with Gasteiger partial charge >= 0.3 is 5.97 Å². The van der Waals surface area contributed by atoms with Gasteiger partial charge in [0.2, 0.25) is 0 Å². The van der Waals surface area contributed by atoms with Crippen LogP contribution in [0.5, 0.6) is 5.75 Å². The maximum Gasteiger partial charge on any atom is 0.337 e. The van der Waals surface area contributed by atoms with Gasteiger partial charge in [0.1, 0.15) is 5.75 Å². The maximum atomic E-state index is 10.8. The predicted molar refractivity (Wildman–Crippen MR) is 52.5 cm³/mol. The van der Waals surface area contributed by atoms with Crippen molar-refractivity contribution in [3.8, 4) is 18.1 Å². The molecule has 0 aromatic heterocycles. The van der Waals surface area contributed by atoms with Crippen molar-refractivity contribution in [2.75, 3.05) is 5.32 Å². The van der Waals surface area contributed by atoms with E-state index in [9.17, 15) is 9.59 Å². The fraction of sp³-hybridized carbons (Fsp3) is 0. The summed E-state index contributed by atoms with van der Waals surface area (Å²) in [5.74, 6) is -0.427. The molecule has 0 fully saturated rings. The molecule has 1 aromatic carbocycles. The van der Waals surface area contributed by atoms with Crippen LogP contribution in [0, 0.1) is 12.3 Å². The number of aromatic carboxylic acids is 1. The van der Waals surface area contributed by atoms with Gasteiger partial charge in [-0.15, -0.1) is 6.42 Å². The van der Waals surface area contributed by atoms with E-state index in [1.54, 1.807) is 5.92 Å². The molecule has 3 N–H and O–H groups in total. The normalized spacial score (nSPS) is 9.00. The lowest BCUT2D eigenvalue weighted by Gasteiger charge is -2.05. The number of carbonyl (C=O) groups excluding carboxylic acids is 1. The van der Waals surface area contributed by atoms with Crippen molar-refractivity contribution >= 4 is 17.6 Å². The van der Waals surface area contributed by atoms with Crippen LogP contribution in [0.1, 0.15) is 10.4 Å². The topological polar surface area (TPSA) is 86.6 Å². The van der Waals surface area contributed by atoms with Crippen LogP contribution in [0.2, 0.25) is 0 Å². The molecule has 0 spiro atoms. The van der Waals surface area contributed by atoms with Crippen molar-refractivity contribution in [1.82, 2.24) is 0 Å². The highest BCUT2D eigenvalue weighted by Gasteiger charge is 2.12. The summed E-state index contributed by atoms with van der Waals surface area (Å²) in [4.78, 5) is 21.6. The number of hydrogen-bond acceptors (Lipinski definition) is 3. The molecule has 0 aliphatic carbocycles. The van der Waals surface area contributed by atoms with E-state index in [4.69, 9.17) is 16.6 Å². The van der Waals surface area contributed by atoms with Crippen LogP contribution >= 0.6 is 0 Å². The molecular formula is C10H7NO4. The number of anilines is 1. The summed E-state index contributed by atoms with van der Waals surface area (Å²) in [7, 11) is 0. The van der Waals surface area contributed by atoms with E-state index in [0.29, 0.717) is 0 Å². The summed E-state index contributed by atoms with van der Waals surface area (Å²) in [5.41, 5.74) is -0.179. The van der Waals surface area contributed by atoms with Gasteiger partial charge in [0.15, 0.2) is 0 Å². The Balaban J connectivity index is 3.13. The van der Waals surface area contributed by atoms with Crippen LogP contribution in [-0.2, 0) is 4.79 Å². The number of rotatable bonds is 2. The zero-order chi connectivity index (χ0) is 11.4. The molecular weight excluding hydrogens is 198 g/mol. The number of carboxylic acids is 1. The third-order valence-corrected chi connectivity index (χ3v) is 1.61. The molecule has 15 heavy (non-hydrogen) atoms. The van der Waals surface area contributed by atoms with E-state index in [2.05, 4.69) is 5.32 Å². The molecule has 0 heterocycles. The fourth-order valence-corrected chi connectivity index (χ4v) is 0.977. The third kappa shape index (κ3) is 2.48. The number of carboxylic acid groups (broad SMARTS) is 1. The first-order chi connectivity index (χ1) is 7.04. The Morgan fingerprint density at radius 2 is 2.07 bits per heavy atom. The lowest BCUT2D eigenvalue weighted by Crippen LogP contribution is -2.12. The van der Waals surface area contributed by atoms with Crippen LogP contribution in [0.3, 0.4) is 0 Å². The molecule has 0 radical (unpaired) electrons. The second-order valence-electron chi connectivity index (χ2n) is 2.63. The minimum Gasteiger partial charge on any atom is -0.508 e. The van der Waals surface area contributed by atoms with Crippen molar-refractivity contribution < 1.29 is 19.8 Å². The minimum absolute atomic E-state index is 0.0447. The van der Waals surface area contributed by atoms with Gasteiger partial charge in [-0.3, -0.25) is 4.79 Å². The van der Waals surface area contributed by atoms with Crippen molar-refractivity contribution in [2.45, 2.75) is 0 Å². The SMILES string of the molecule is C#CC(=O)Nc1ccc(O)cc1C(=O)O. The van der Waals surface area contributed by atoms with Gasteiger partial charge in [-0.1, -0.05) is 0 Å². The van der Waals surface area contributed by atoms with Crippen LogP contribution in [0.15, 0.2) is 18.2 Å². The average Bonchev–Trinajstić information content (AvgIpc) is 2.20. The smallest absolute Gasteiger partial charge is 0.337 e. The van der Waals surface area contributed by atoms with Crippen molar-refractivity contribution in [1.29, 1.82) is 0 Å². The standard InChI is InChI=1S/C10H7NO4/c1-2-9(13)11-8-4-3-6(12)5-7(8)10(14)15/h1,3-5,12H,(H,11,13)(H,14,15). The number of nitrogens with one attached hydrogen (secondary N) is 1. The summed E-state index contributed by atoms with van der Waals surface area (Å²) in [6.45, 7) is 0. The van der Waals surface area contributed by atoms with Crippen LogP contribution in [-0.4, -0.2) is 22.1 Å². The summed E-state index contributed by atoms with van der Waals surface area (Å²) in [5, 5.41) is 20.0. The lowest BCUT2D eigenvalue weighted by atomic mass is 10.1. The summed E-state index contributed by atoms with van der Waals surface area (Å²) in [6, 6.07) is 3.53. The van der Waals surface area contributed by atoms with Crippen molar-refractivity contribution in [3.05, 3.63) is 23.8 Å². The van der Waals surface area contributed by atoms with Gasteiger partial charge in [-0.25, -0.2) is 4.79 Å². The molecule has 5 heteroatoms. The van der Waals surface area contributed by atoms with Gasteiger partial charge in [-0.2, -0.15) is 0 Å². The molecule has 0 saturated heterocycles. The molecule has 76 valence electrons. The minimum atomic E-state index is -1.27. The van der Waals surface area contributed by atoms with Gasteiger partial charge in [0.25, 0.3) is 5.91 Å². The number of aromatic hydroxyl groups is 1. The first kappa shape index (κ1) is 10.6. The van der Waals surface area contributed by atoms with Crippen LogP contribution < -0.4 is 5.32 Å². The van der Waals surface area contributed by atoms with Crippen LogP contribution in [0.4, 0.5) is 5.69 Å². The maximum absolute atomic E-state index is 10.8. The van der Waals surface area contributed by atoms with Gasteiger partial charge in [0, 0.05) is 0 Å². The Bertz CT molecular complexity index is 459. The average molecular weight is 205 g/mol. The van der Waals surface area contributed by atoms with Crippen molar-refractivity contribution in [2.24, 2.45) is 0 Å². The Labute approximate surface area is 85.4 Å². The predicted octanol–water partition coefficient (Wildman–Crippen LogP) is 0.662. The molecule has 1 rings (SSSR count). The van der Waals surface area contributed by atoms with E-state index < -0.39 is 11.9 Å². The zero-order valence-electron chi connectivity index (χ0n) is 7.52. The second-order valence-corrected chi connectivity index (χ2v) is 2.63. The molecule has 0 saturated carbocycles. The molecule has 0 bridgehead atoms. The van der Waals surface area contributed by atoms with Gasteiger partial charge < -0.3 is 15.5 Å². The quantitative estimate of drug-likeness (QED) is 0.489. The molecule has 1 amide bonds. The van der Waals surface area contributed by atoms with E-state index in [-0.39, 0.29) is 17.0 Å². The van der Waals surface area contributed by atoms with E-state index in [0.717, 1.165) is 6.07 Å². The van der Waals surface area contributed by atoms with E-state index >= 15 is 0 Å². The van der Waals surface area contributed by atoms with Gasteiger partial charge in [-0.05, 0) is 24.1 Å². The third-order valence-electron chi connectivity index (χ3n) is 1.61. The number of benzene rings is 1. The number of phenols is 1. The first-order valence-electron chi connectivity index (χ1n) is 3.88. The van der Waals surface area contributed by atoms with Crippen LogP contribution in [0.25, 0.3) is 0 Å². The number of carbonyl (C=O) groups is 2. The van der Waals surface area contributed by atoms with E-state index in [1.807, 2.05) is 0 Å². The van der Waals surface area contributed by atoms with E-state index in [1.165, 1.54) is 12.1 Å².